The summed E-state index contributed by atoms with van der Waals surface area (Å²) >= 11 is 0. The lowest BCUT2D eigenvalue weighted by molar-refractivity contribution is 0.660. The molecule has 2 aromatic heterocycles. The Morgan fingerprint density at radius 1 is 0.317 bits per heavy atom. The van der Waals surface area contributed by atoms with E-state index in [0.29, 0.717) is 0 Å². The van der Waals surface area contributed by atoms with Crippen molar-refractivity contribution in [3.63, 3.8) is 0 Å². The first-order chi connectivity index (χ1) is 31.0. The van der Waals surface area contributed by atoms with E-state index in [9.17, 15) is 0 Å². The van der Waals surface area contributed by atoms with Crippen molar-refractivity contribution in [1.29, 1.82) is 0 Å². The average molecular weight is 801 g/mol. The van der Waals surface area contributed by atoms with E-state index < -0.39 is 0 Å². The second-order valence-corrected chi connectivity index (χ2v) is 18.1. The van der Waals surface area contributed by atoms with Crippen molar-refractivity contribution in [1.82, 2.24) is 9.13 Å². The molecule has 10 aromatic carbocycles. The third-order valence-corrected chi connectivity index (χ3v) is 14.4. The van der Waals surface area contributed by atoms with E-state index in [1.165, 1.54) is 133 Å². The van der Waals surface area contributed by atoms with E-state index in [1.807, 2.05) is 0 Å². The molecule has 0 atom stereocenters. The van der Waals surface area contributed by atoms with Crippen LogP contribution in [0.3, 0.4) is 0 Å². The predicted octanol–water partition coefficient (Wildman–Crippen LogP) is 16.3. The second-order valence-electron chi connectivity index (χ2n) is 18.1. The van der Waals surface area contributed by atoms with Crippen LogP contribution in [0, 0.1) is 0 Å². The average Bonchev–Trinajstić information content (AvgIpc) is 3.90. The molecule has 63 heavy (non-hydrogen) atoms. The summed E-state index contributed by atoms with van der Waals surface area (Å²) in [5, 5.41) is 7.58. The summed E-state index contributed by atoms with van der Waals surface area (Å²) in [5.41, 5.74) is 22.7. The Kier molecular flexibility index (Phi) is 6.93. The molecule has 0 unspecified atom stereocenters. The van der Waals surface area contributed by atoms with Crippen molar-refractivity contribution in [3.8, 4) is 67.0 Å². The molecule has 1 aliphatic carbocycles. The Hall–Kier alpha value is -7.94. The van der Waals surface area contributed by atoms with Crippen LogP contribution in [-0.2, 0) is 5.41 Å². The summed E-state index contributed by atoms with van der Waals surface area (Å²) in [5.74, 6) is 0. The van der Waals surface area contributed by atoms with Crippen LogP contribution in [0.25, 0.3) is 121 Å². The zero-order chi connectivity index (χ0) is 41.6. The second kappa shape index (κ2) is 12.6. The molecular formula is C61H40N2. The number of rotatable bonds is 3. The van der Waals surface area contributed by atoms with E-state index in [1.54, 1.807) is 0 Å². The number of aromatic nitrogens is 2. The van der Waals surface area contributed by atoms with Gasteiger partial charge in [-0.3, -0.25) is 0 Å². The molecule has 0 amide bonds. The maximum absolute atomic E-state index is 2.52. The van der Waals surface area contributed by atoms with Gasteiger partial charge in [-0.2, -0.15) is 0 Å². The van der Waals surface area contributed by atoms with Gasteiger partial charge < -0.3 is 9.13 Å². The Labute approximate surface area is 365 Å². The van der Waals surface area contributed by atoms with E-state index >= 15 is 0 Å². The van der Waals surface area contributed by atoms with Crippen molar-refractivity contribution < 1.29 is 0 Å². The minimum Gasteiger partial charge on any atom is -0.309 e. The highest BCUT2D eigenvalue weighted by Gasteiger charge is 2.35. The number of para-hydroxylation sites is 2. The maximum Gasteiger partial charge on any atom is 0.0619 e. The Morgan fingerprint density at radius 2 is 0.857 bits per heavy atom. The fourth-order valence-electron chi connectivity index (χ4n) is 11.4. The molecule has 0 bridgehead atoms. The van der Waals surface area contributed by atoms with Crippen LogP contribution in [-0.4, -0.2) is 9.13 Å². The highest BCUT2D eigenvalue weighted by molar-refractivity contribution is 6.18. The molecule has 0 fully saturated rings. The molecule has 0 saturated heterocycles. The third-order valence-electron chi connectivity index (χ3n) is 14.4. The first-order valence-electron chi connectivity index (χ1n) is 22.1. The van der Waals surface area contributed by atoms with Crippen LogP contribution in [0.2, 0.25) is 0 Å². The lowest BCUT2D eigenvalue weighted by atomic mass is 9.82. The quantitative estimate of drug-likeness (QED) is 0.168. The SMILES string of the molecule is CC1(C)c2ccccc2-c2ccc(-n3c4ccccc4c4cc(-c5ccc(-c6ccc7c(c6)c6cccc8c6n7-c6cc7ccccc7cc6-c6ccccc6-8)cc5)ccc43)cc21. The van der Waals surface area contributed by atoms with Gasteiger partial charge >= 0.3 is 0 Å². The lowest BCUT2D eigenvalue weighted by Gasteiger charge is -2.22. The first-order valence-corrected chi connectivity index (χ1v) is 22.1. The van der Waals surface area contributed by atoms with Gasteiger partial charge in [-0.15, -0.1) is 0 Å². The number of benzene rings is 10. The molecule has 1 aliphatic heterocycles. The number of hydrogen-bond acceptors (Lipinski definition) is 0. The molecule has 0 saturated carbocycles. The summed E-state index contributed by atoms with van der Waals surface area (Å²) in [6.45, 7) is 4.72. The maximum atomic E-state index is 2.52. The highest BCUT2D eigenvalue weighted by Crippen LogP contribution is 2.51. The Balaban J connectivity index is 0.868. The van der Waals surface area contributed by atoms with Crippen LogP contribution in [0.5, 0.6) is 0 Å². The van der Waals surface area contributed by atoms with Crippen LogP contribution in [0.15, 0.2) is 206 Å². The molecule has 0 radical (unpaired) electrons. The molecular weight excluding hydrogens is 761 g/mol. The summed E-state index contributed by atoms with van der Waals surface area (Å²) in [6.07, 6.45) is 0. The van der Waals surface area contributed by atoms with E-state index in [0.717, 1.165) is 0 Å². The van der Waals surface area contributed by atoms with Gasteiger partial charge in [0.2, 0.25) is 0 Å². The summed E-state index contributed by atoms with van der Waals surface area (Å²) in [7, 11) is 0. The highest BCUT2D eigenvalue weighted by atomic mass is 15.0. The molecule has 2 nitrogen and oxygen atoms in total. The van der Waals surface area contributed by atoms with Gasteiger partial charge in [-0.1, -0.05) is 166 Å². The monoisotopic (exact) mass is 800 g/mol. The van der Waals surface area contributed by atoms with Crippen molar-refractivity contribution in [2.24, 2.45) is 0 Å². The van der Waals surface area contributed by atoms with Crippen LogP contribution in [0.1, 0.15) is 25.0 Å². The predicted molar refractivity (Wildman–Crippen MR) is 265 cm³/mol. The minimum absolute atomic E-state index is 0.0595. The van der Waals surface area contributed by atoms with E-state index in [4.69, 9.17) is 0 Å². The molecule has 2 aliphatic rings. The Morgan fingerprint density at radius 3 is 1.62 bits per heavy atom. The smallest absolute Gasteiger partial charge is 0.0619 e. The molecule has 0 spiro atoms. The van der Waals surface area contributed by atoms with Gasteiger partial charge in [-0.05, 0) is 121 Å². The molecule has 2 heteroatoms. The fourth-order valence-corrected chi connectivity index (χ4v) is 11.4. The topological polar surface area (TPSA) is 9.86 Å². The standard InChI is InChI=1S/C61H40N2/c1-61(2)54-20-9-7-16-46(54)47-29-28-43(36-55(47)61)62-56-21-10-8-17-48(56)52-33-41(26-30-57(52)62)37-22-24-38(25-23-37)42-27-31-58-53(34-42)50-19-11-18-49-44-14-5-6-15-45(44)51-32-39-12-3-4-13-40(39)35-59(51)63(58)60(49)50/h3-36H,1-2H3. The van der Waals surface area contributed by atoms with Crippen molar-refractivity contribution in [3.05, 3.63) is 217 Å². The van der Waals surface area contributed by atoms with Crippen molar-refractivity contribution in [2.75, 3.05) is 0 Å². The minimum atomic E-state index is -0.0595. The van der Waals surface area contributed by atoms with Crippen LogP contribution >= 0.6 is 0 Å². The molecule has 0 N–H and O–H groups in total. The van der Waals surface area contributed by atoms with E-state index in [2.05, 4.69) is 229 Å². The summed E-state index contributed by atoms with van der Waals surface area (Å²) in [6, 6.07) is 77.2. The van der Waals surface area contributed by atoms with Crippen molar-refractivity contribution >= 4 is 54.4 Å². The zero-order valence-corrected chi connectivity index (χ0v) is 35.0. The van der Waals surface area contributed by atoms with Crippen LogP contribution < -0.4 is 0 Å². The molecule has 12 aromatic rings. The van der Waals surface area contributed by atoms with Gasteiger partial charge in [0, 0.05) is 43.8 Å². The number of hydrogen-bond donors (Lipinski definition) is 0. The largest absolute Gasteiger partial charge is 0.309 e. The van der Waals surface area contributed by atoms with Gasteiger partial charge in [0.1, 0.15) is 0 Å². The summed E-state index contributed by atoms with van der Waals surface area (Å²) < 4.78 is 4.97. The molecule has 3 heterocycles. The normalized spacial score (nSPS) is 13.4. The first kappa shape index (κ1) is 34.7. The molecule has 294 valence electrons. The van der Waals surface area contributed by atoms with Gasteiger partial charge in [0.15, 0.2) is 0 Å². The van der Waals surface area contributed by atoms with Gasteiger partial charge in [0.05, 0.1) is 27.8 Å². The van der Waals surface area contributed by atoms with Crippen LogP contribution in [0.4, 0.5) is 0 Å². The van der Waals surface area contributed by atoms with Crippen molar-refractivity contribution in [2.45, 2.75) is 19.3 Å². The zero-order valence-electron chi connectivity index (χ0n) is 35.0. The third kappa shape index (κ3) is 4.78. The number of fused-ring (bicyclic) bond motifs is 15. The fraction of sp³-hybridized carbons (Fsp3) is 0.0492. The molecule has 14 rings (SSSR count). The number of nitrogens with zero attached hydrogens (tertiary/aromatic N) is 2. The van der Waals surface area contributed by atoms with Gasteiger partial charge in [0.25, 0.3) is 0 Å². The Bertz CT molecular complexity index is 3930. The summed E-state index contributed by atoms with van der Waals surface area (Å²) in [4.78, 5) is 0. The lowest BCUT2D eigenvalue weighted by Crippen LogP contribution is -2.15. The van der Waals surface area contributed by atoms with Gasteiger partial charge in [-0.25, -0.2) is 0 Å². The van der Waals surface area contributed by atoms with E-state index in [-0.39, 0.29) is 5.41 Å².